The minimum absolute atomic E-state index is 0.0772. The number of nitrogens with one attached hydrogen (secondary N) is 1. The lowest BCUT2D eigenvalue weighted by Crippen LogP contribution is -2.41. The summed E-state index contributed by atoms with van der Waals surface area (Å²) >= 11 is 0. The number of ether oxygens (including phenoxy) is 2. The number of Topliss-reactive ketones (excluding diaryl/α,β-unsaturated/α-hetero) is 1. The Bertz CT molecular complexity index is 1560. The summed E-state index contributed by atoms with van der Waals surface area (Å²) in [5.74, 6) is -2.90. The molecule has 1 aliphatic carbocycles. The number of rotatable bonds is 7. The highest BCUT2D eigenvalue weighted by molar-refractivity contribution is 6.13. The van der Waals surface area contributed by atoms with Crippen LogP contribution in [-0.4, -0.2) is 24.5 Å². The molecule has 0 saturated heterocycles. The van der Waals surface area contributed by atoms with Gasteiger partial charge in [-0.2, -0.15) is 0 Å². The molecule has 0 aromatic heterocycles. The third-order valence-electron chi connectivity index (χ3n) is 7.56. The minimum atomic E-state index is -0.913. The number of ketones is 1. The highest BCUT2D eigenvalue weighted by atomic mass is 19.1. The Kier molecular flexibility index (Phi) is 7.76. The number of carbonyl (C=O) groups is 2. The quantitative estimate of drug-likeness (QED) is 0.339. The third kappa shape index (κ3) is 5.92. The maximum atomic E-state index is 14.5. The van der Waals surface area contributed by atoms with Crippen LogP contribution in [0.4, 0.5) is 14.5 Å². The minimum Gasteiger partial charge on any atom is -0.493 e. The number of nitrogens with zero attached hydrogens (tertiary/aromatic N) is 1. The molecule has 8 heteroatoms. The molecule has 41 heavy (non-hydrogen) atoms. The van der Waals surface area contributed by atoms with Gasteiger partial charge in [0.2, 0.25) is 5.91 Å². The zero-order valence-electron chi connectivity index (χ0n) is 23.5. The zero-order chi connectivity index (χ0) is 29.3. The van der Waals surface area contributed by atoms with Gasteiger partial charge in [0.1, 0.15) is 18.2 Å². The molecule has 0 radical (unpaired) electrons. The van der Waals surface area contributed by atoms with Crippen molar-refractivity contribution in [1.29, 1.82) is 0 Å². The van der Waals surface area contributed by atoms with Crippen LogP contribution in [0.2, 0.25) is 0 Å². The molecular weight excluding hydrogens is 526 g/mol. The molecule has 0 bridgehead atoms. The van der Waals surface area contributed by atoms with Crippen LogP contribution >= 0.6 is 0 Å². The first kappa shape index (κ1) is 28.2. The maximum absolute atomic E-state index is 14.5. The Labute approximate surface area is 238 Å². The molecule has 1 N–H and O–H groups in total. The van der Waals surface area contributed by atoms with Gasteiger partial charge in [-0.25, -0.2) is 8.78 Å². The van der Waals surface area contributed by atoms with E-state index < -0.39 is 29.4 Å². The first-order valence-electron chi connectivity index (χ1n) is 13.5. The van der Waals surface area contributed by atoms with E-state index in [-0.39, 0.29) is 16.9 Å². The summed E-state index contributed by atoms with van der Waals surface area (Å²) in [7, 11) is 1.53. The molecule has 6 nitrogen and oxygen atoms in total. The zero-order valence-corrected chi connectivity index (χ0v) is 23.5. The van der Waals surface area contributed by atoms with Crippen molar-refractivity contribution in [3.05, 3.63) is 101 Å². The van der Waals surface area contributed by atoms with E-state index in [0.29, 0.717) is 59.6 Å². The molecular formula is C33H32F2N2O4. The fourth-order valence-electron chi connectivity index (χ4n) is 5.68. The second-order valence-corrected chi connectivity index (χ2v) is 11.3. The molecule has 2 atom stereocenters. The Morgan fingerprint density at radius 2 is 1.78 bits per heavy atom. The molecule has 0 spiro atoms. The van der Waals surface area contributed by atoms with Gasteiger partial charge in [0, 0.05) is 35.4 Å². The van der Waals surface area contributed by atoms with Crippen LogP contribution in [0.25, 0.3) is 0 Å². The van der Waals surface area contributed by atoms with Crippen molar-refractivity contribution in [2.24, 2.45) is 16.3 Å². The predicted molar refractivity (Wildman–Crippen MR) is 153 cm³/mol. The fraction of sp³-hybridized carbons (Fsp3) is 0.303. The van der Waals surface area contributed by atoms with Crippen molar-refractivity contribution in [3.8, 4) is 11.5 Å². The van der Waals surface area contributed by atoms with Crippen molar-refractivity contribution in [1.82, 2.24) is 0 Å². The van der Waals surface area contributed by atoms with Crippen LogP contribution in [-0.2, 0) is 16.2 Å². The van der Waals surface area contributed by atoms with Gasteiger partial charge in [0.05, 0.1) is 18.7 Å². The summed E-state index contributed by atoms with van der Waals surface area (Å²) in [6.45, 7) is 6.12. The number of hydrogen-bond acceptors (Lipinski definition) is 5. The summed E-state index contributed by atoms with van der Waals surface area (Å²) in [5.41, 5.74) is 2.88. The van der Waals surface area contributed by atoms with Crippen LogP contribution < -0.4 is 14.8 Å². The first-order chi connectivity index (χ1) is 19.6. The number of allylic oxidation sites excluding steroid dienone is 2. The SMILES string of the molecule is COc1cc([C@@H]2C3=C(CC(C)(C)CC3=O)N=C(C)C2C(=O)Nc2ccc(F)cc2F)ccc1OCc1ccccc1. The largest absolute Gasteiger partial charge is 0.493 e. The van der Waals surface area contributed by atoms with Crippen LogP contribution in [0.5, 0.6) is 11.5 Å². The number of aliphatic imine (C=N–C) groups is 1. The number of carbonyl (C=O) groups excluding carboxylic acids is 2. The normalized spacial score (nSPS) is 19.8. The van der Waals surface area contributed by atoms with Gasteiger partial charge in [0.15, 0.2) is 17.3 Å². The van der Waals surface area contributed by atoms with E-state index in [9.17, 15) is 18.4 Å². The van der Waals surface area contributed by atoms with Crippen molar-refractivity contribution < 1.29 is 27.8 Å². The lowest BCUT2D eigenvalue weighted by molar-refractivity contribution is -0.119. The van der Waals surface area contributed by atoms with Crippen molar-refractivity contribution in [3.63, 3.8) is 0 Å². The van der Waals surface area contributed by atoms with E-state index in [1.807, 2.05) is 50.2 Å². The number of methoxy groups -OCH3 is 1. The average Bonchev–Trinajstić information content (AvgIpc) is 2.92. The summed E-state index contributed by atoms with van der Waals surface area (Å²) < 4.78 is 39.7. The highest BCUT2D eigenvalue weighted by Gasteiger charge is 2.45. The molecule has 2 aliphatic rings. The molecule has 5 rings (SSSR count). The third-order valence-corrected chi connectivity index (χ3v) is 7.56. The Morgan fingerprint density at radius 3 is 2.49 bits per heavy atom. The second-order valence-electron chi connectivity index (χ2n) is 11.3. The molecule has 1 amide bonds. The topological polar surface area (TPSA) is 77.0 Å². The summed E-state index contributed by atoms with van der Waals surface area (Å²) in [6.07, 6.45) is 0.894. The van der Waals surface area contributed by atoms with E-state index in [2.05, 4.69) is 5.32 Å². The smallest absolute Gasteiger partial charge is 0.234 e. The van der Waals surface area contributed by atoms with Crippen LogP contribution in [0.3, 0.4) is 0 Å². The Balaban J connectivity index is 1.54. The number of benzene rings is 3. The number of halogens is 2. The Hall–Kier alpha value is -4.33. The summed E-state index contributed by atoms with van der Waals surface area (Å²) in [5, 5.41) is 2.59. The average molecular weight is 559 g/mol. The standard InChI is InChI=1S/C33H32F2N2O4/c1-19-29(32(39)37-24-12-11-22(34)15-23(24)35)30(31-25(36-19)16-33(2,3)17-26(31)38)21-10-13-27(28(14-21)40-4)41-18-20-8-6-5-7-9-20/h5-15,29-30H,16-18H2,1-4H3,(H,37,39)/t29?,30-/m0/s1. The lowest BCUT2D eigenvalue weighted by Gasteiger charge is -2.39. The molecule has 212 valence electrons. The number of hydrogen-bond donors (Lipinski definition) is 1. The van der Waals surface area contributed by atoms with E-state index in [4.69, 9.17) is 14.5 Å². The van der Waals surface area contributed by atoms with E-state index in [1.165, 1.54) is 13.2 Å². The number of amides is 1. The van der Waals surface area contributed by atoms with Gasteiger partial charge >= 0.3 is 0 Å². The molecule has 3 aromatic rings. The van der Waals surface area contributed by atoms with Gasteiger partial charge in [-0.1, -0.05) is 50.2 Å². The molecule has 0 fully saturated rings. The van der Waals surface area contributed by atoms with Crippen LogP contribution in [0.15, 0.2) is 83.0 Å². The number of anilines is 1. The van der Waals surface area contributed by atoms with Gasteiger partial charge in [-0.15, -0.1) is 0 Å². The Morgan fingerprint density at radius 1 is 1.02 bits per heavy atom. The van der Waals surface area contributed by atoms with E-state index in [1.54, 1.807) is 19.1 Å². The first-order valence-corrected chi connectivity index (χ1v) is 13.5. The van der Waals surface area contributed by atoms with Crippen molar-refractivity contribution >= 4 is 23.1 Å². The molecule has 1 heterocycles. The van der Waals surface area contributed by atoms with E-state index >= 15 is 0 Å². The summed E-state index contributed by atoms with van der Waals surface area (Å²) in [4.78, 5) is 32.1. The van der Waals surface area contributed by atoms with Gasteiger partial charge < -0.3 is 14.8 Å². The molecule has 3 aromatic carbocycles. The monoisotopic (exact) mass is 558 g/mol. The van der Waals surface area contributed by atoms with Crippen LogP contribution in [0.1, 0.15) is 50.7 Å². The van der Waals surface area contributed by atoms with Gasteiger partial charge in [-0.05, 0) is 54.2 Å². The molecule has 0 saturated carbocycles. The van der Waals surface area contributed by atoms with Gasteiger partial charge in [-0.3, -0.25) is 14.6 Å². The van der Waals surface area contributed by atoms with E-state index in [0.717, 1.165) is 11.6 Å². The maximum Gasteiger partial charge on any atom is 0.234 e. The predicted octanol–water partition coefficient (Wildman–Crippen LogP) is 7.01. The van der Waals surface area contributed by atoms with Gasteiger partial charge in [0.25, 0.3) is 0 Å². The lowest BCUT2D eigenvalue weighted by atomic mass is 9.66. The molecule has 1 unspecified atom stereocenters. The van der Waals surface area contributed by atoms with Crippen molar-refractivity contribution in [2.45, 2.75) is 46.1 Å². The highest BCUT2D eigenvalue weighted by Crippen LogP contribution is 2.49. The van der Waals surface area contributed by atoms with Crippen LogP contribution in [0, 0.1) is 23.0 Å². The molecule has 1 aliphatic heterocycles. The van der Waals surface area contributed by atoms with Crippen molar-refractivity contribution in [2.75, 3.05) is 12.4 Å². The summed E-state index contributed by atoms with van der Waals surface area (Å²) in [6, 6.07) is 18.0. The fourth-order valence-corrected chi connectivity index (χ4v) is 5.68. The second kappa shape index (κ2) is 11.3.